The first-order valence-electron chi connectivity index (χ1n) is 5.75. The van der Waals surface area contributed by atoms with Crippen LogP contribution in [0.3, 0.4) is 0 Å². The molecule has 0 aliphatic rings. The molecule has 0 amide bonds. The molecule has 0 aliphatic carbocycles. The molecule has 3 nitrogen and oxygen atoms in total. The lowest BCUT2D eigenvalue weighted by atomic mass is 10.2. The molecule has 1 N–H and O–H groups in total. The van der Waals surface area contributed by atoms with Crippen molar-refractivity contribution in [3.05, 3.63) is 42.0 Å². The fourth-order valence-electron chi connectivity index (χ4n) is 1.74. The van der Waals surface area contributed by atoms with Gasteiger partial charge in [-0.3, -0.25) is 4.57 Å². The molecule has 90 valence electrons. The largest absolute Gasteiger partial charge is 0.355 e. The summed E-state index contributed by atoms with van der Waals surface area (Å²) >= 11 is 0. The lowest BCUT2D eigenvalue weighted by Gasteiger charge is -2.10. The summed E-state index contributed by atoms with van der Waals surface area (Å²) in [5.41, 5.74) is 1.69. The van der Waals surface area contributed by atoms with Crippen molar-refractivity contribution in [2.45, 2.75) is 20.3 Å². The topological polar surface area (TPSA) is 29.9 Å². The van der Waals surface area contributed by atoms with E-state index in [4.69, 9.17) is 0 Å². The molecular formula is C13H16FN3. The second-order valence-corrected chi connectivity index (χ2v) is 4.03. The SMILES string of the molecule is CCCNc1nccn1-c1cc(C)cc(F)c1. The molecule has 0 fully saturated rings. The number of benzene rings is 1. The predicted octanol–water partition coefficient (Wildman–Crippen LogP) is 3.14. The van der Waals surface area contributed by atoms with Crippen LogP contribution in [0.2, 0.25) is 0 Å². The van der Waals surface area contributed by atoms with E-state index in [2.05, 4.69) is 17.2 Å². The maximum absolute atomic E-state index is 13.3. The maximum atomic E-state index is 13.3. The van der Waals surface area contributed by atoms with E-state index in [-0.39, 0.29) is 5.82 Å². The molecule has 2 rings (SSSR count). The van der Waals surface area contributed by atoms with Crippen molar-refractivity contribution < 1.29 is 4.39 Å². The Morgan fingerprint density at radius 3 is 2.88 bits per heavy atom. The van der Waals surface area contributed by atoms with Gasteiger partial charge in [-0.15, -0.1) is 0 Å². The van der Waals surface area contributed by atoms with Gasteiger partial charge in [-0.25, -0.2) is 9.37 Å². The number of rotatable bonds is 4. The van der Waals surface area contributed by atoms with Gasteiger partial charge in [0.05, 0.1) is 5.69 Å². The Balaban J connectivity index is 2.35. The number of aryl methyl sites for hydroxylation is 1. The fourth-order valence-corrected chi connectivity index (χ4v) is 1.74. The second-order valence-electron chi connectivity index (χ2n) is 4.03. The fraction of sp³-hybridized carbons (Fsp3) is 0.308. The summed E-state index contributed by atoms with van der Waals surface area (Å²) in [4.78, 5) is 4.22. The molecule has 4 heteroatoms. The third-order valence-corrected chi connectivity index (χ3v) is 2.48. The highest BCUT2D eigenvalue weighted by atomic mass is 19.1. The molecule has 0 unspecified atom stereocenters. The highest BCUT2D eigenvalue weighted by Crippen LogP contribution is 2.17. The van der Waals surface area contributed by atoms with Crippen molar-refractivity contribution in [1.29, 1.82) is 0 Å². The van der Waals surface area contributed by atoms with Gasteiger partial charge in [0.2, 0.25) is 5.95 Å². The van der Waals surface area contributed by atoms with Crippen LogP contribution in [0.1, 0.15) is 18.9 Å². The van der Waals surface area contributed by atoms with Gasteiger partial charge in [-0.1, -0.05) is 6.92 Å². The van der Waals surface area contributed by atoms with Gasteiger partial charge >= 0.3 is 0 Å². The molecular weight excluding hydrogens is 217 g/mol. The summed E-state index contributed by atoms with van der Waals surface area (Å²) in [7, 11) is 0. The Labute approximate surface area is 100 Å². The molecule has 0 saturated heterocycles. The van der Waals surface area contributed by atoms with Crippen LogP contribution in [-0.4, -0.2) is 16.1 Å². The highest BCUT2D eigenvalue weighted by molar-refractivity contribution is 5.43. The van der Waals surface area contributed by atoms with Crippen molar-refractivity contribution in [3.8, 4) is 5.69 Å². The summed E-state index contributed by atoms with van der Waals surface area (Å²) in [6, 6.07) is 4.95. The summed E-state index contributed by atoms with van der Waals surface area (Å²) in [5, 5.41) is 3.21. The zero-order chi connectivity index (χ0) is 12.3. The Morgan fingerprint density at radius 2 is 2.18 bits per heavy atom. The smallest absolute Gasteiger partial charge is 0.207 e. The molecule has 17 heavy (non-hydrogen) atoms. The Bertz CT molecular complexity index is 485. The van der Waals surface area contributed by atoms with Crippen LogP contribution in [0.5, 0.6) is 0 Å². The van der Waals surface area contributed by atoms with Gasteiger partial charge in [0.15, 0.2) is 0 Å². The average Bonchev–Trinajstić information content (AvgIpc) is 2.73. The van der Waals surface area contributed by atoms with Crippen molar-refractivity contribution >= 4 is 5.95 Å². The number of anilines is 1. The molecule has 1 aromatic heterocycles. The molecule has 2 aromatic rings. The normalized spacial score (nSPS) is 10.5. The van der Waals surface area contributed by atoms with E-state index in [1.54, 1.807) is 6.20 Å². The summed E-state index contributed by atoms with van der Waals surface area (Å²) in [6.45, 7) is 4.82. The molecule has 0 saturated carbocycles. The van der Waals surface area contributed by atoms with Crippen molar-refractivity contribution in [2.75, 3.05) is 11.9 Å². The van der Waals surface area contributed by atoms with Crippen LogP contribution >= 0.6 is 0 Å². The molecule has 0 bridgehead atoms. The zero-order valence-electron chi connectivity index (χ0n) is 10.1. The van der Waals surface area contributed by atoms with Crippen LogP contribution in [0, 0.1) is 12.7 Å². The first-order valence-corrected chi connectivity index (χ1v) is 5.75. The quantitative estimate of drug-likeness (QED) is 0.879. The van der Waals surface area contributed by atoms with Crippen molar-refractivity contribution in [2.24, 2.45) is 0 Å². The van der Waals surface area contributed by atoms with Crippen LogP contribution in [0.25, 0.3) is 5.69 Å². The minimum absolute atomic E-state index is 0.227. The summed E-state index contributed by atoms with van der Waals surface area (Å²) in [6.07, 6.45) is 4.56. The Hall–Kier alpha value is -1.84. The van der Waals surface area contributed by atoms with Gasteiger partial charge in [-0.2, -0.15) is 0 Å². The van der Waals surface area contributed by atoms with E-state index in [1.807, 2.05) is 23.8 Å². The Morgan fingerprint density at radius 1 is 1.35 bits per heavy atom. The number of nitrogens with one attached hydrogen (secondary N) is 1. The number of nitrogens with zero attached hydrogens (tertiary/aromatic N) is 2. The molecule has 0 radical (unpaired) electrons. The van der Waals surface area contributed by atoms with Gasteiger partial charge in [0.25, 0.3) is 0 Å². The van der Waals surface area contributed by atoms with E-state index in [1.165, 1.54) is 12.1 Å². The van der Waals surface area contributed by atoms with Gasteiger partial charge in [-0.05, 0) is 37.1 Å². The first-order chi connectivity index (χ1) is 8.20. The lowest BCUT2D eigenvalue weighted by molar-refractivity contribution is 0.625. The number of imidazole rings is 1. The number of hydrogen-bond donors (Lipinski definition) is 1. The van der Waals surface area contributed by atoms with E-state index in [9.17, 15) is 4.39 Å². The van der Waals surface area contributed by atoms with Gasteiger partial charge < -0.3 is 5.32 Å². The standard InChI is InChI=1S/C13H16FN3/c1-3-4-15-13-16-5-6-17(13)12-8-10(2)7-11(14)9-12/h5-9H,3-4H2,1-2H3,(H,15,16). The van der Waals surface area contributed by atoms with Gasteiger partial charge in [0.1, 0.15) is 5.82 Å². The number of hydrogen-bond acceptors (Lipinski definition) is 2. The summed E-state index contributed by atoms with van der Waals surface area (Å²) in [5.74, 6) is 0.520. The molecule has 1 aromatic carbocycles. The molecule has 0 atom stereocenters. The second kappa shape index (κ2) is 4.99. The third-order valence-electron chi connectivity index (χ3n) is 2.48. The summed E-state index contributed by atoms with van der Waals surface area (Å²) < 4.78 is 15.2. The lowest BCUT2D eigenvalue weighted by Crippen LogP contribution is -2.07. The monoisotopic (exact) mass is 233 g/mol. The van der Waals surface area contributed by atoms with E-state index >= 15 is 0 Å². The van der Waals surface area contributed by atoms with E-state index < -0.39 is 0 Å². The average molecular weight is 233 g/mol. The number of halogens is 1. The van der Waals surface area contributed by atoms with Crippen LogP contribution in [0.4, 0.5) is 10.3 Å². The molecule has 1 heterocycles. The van der Waals surface area contributed by atoms with E-state index in [0.717, 1.165) is 30.2 Å². The first kappa shape index (κ1) is 11.6. The molecule has 0 spiro atoms. The van der Waals surface area contributed by atoms with Crippen LogP contribution < -0.4 is 5.32 Å². The highest BCUT2D eigenvalue weighted by Gasteiger charge is 2.05. The third kappa shape index (κ3) is 2.64. The zero-order valence-corrected chi connectivity index (χ0v) is 10.1. The molecule has 0 aliphatic heterocycles. The maximum Gasteiger partial charge on any atom is 0.207 e. The Kier molecular flexibility index (Phi) is 3.42. The van der Waals surface area contributed by atoms with Crippen LogP contribution in [-0.2, 0) is 0 Å². The minimum Gasteiger partial charge on any atom is -0.355 e. The van der Waals surface area contributed by atoms with E-state index in [0.29, 0.717) is 0 Å². The number of aromatic nitrogens is 2. The predicted molar refractivity (Wildman–Crippen MR) is 67.0 cm³/mol. The van der Waals surface area contributed by atoms with Crippen molar-refractivity contribution in [1.82, 2.24) is 9.55 Å². The van der Waals surface area contributed by atoms with Crippen LogP contribution in [0.15, 0.2) is 30.6 Å². The minimum atomic E-state index is -0.227. The van der Waals surface area contributed by atoms with Gasteiger partial charge in [0, 0.05) is 18.9 Å². The van der Waals surface area contributed by atoms with Crippen molar-refractivity contribution in [3.63, 3.8) is 0 Å².